The summed E-state index contributed by atoms with van der Waals surface area (Å²) in [7, 11) is 0. The lowest BCUT2D eigenvalue weighted by molar-refractivity contribution is -0.577. The van der Waals surface area contributed by atoms with Crippen LogP contribution >= 0.6 is 0 Å². The zero-order chi connectivity index (χ0) is 16.9. The molecule has 24 heavy (non-hydrogen) atoms. The quantitative estimate of drug-likeness (QED) is 0.571. The van der Waals surface area contributed by atoms with E-state index in [1.807, 2.05) is 6.92 Å². The topological polar surface area (TPSA) is 46.2 Å². The summed E-state index contributed by atoms with van der Waals surface area (Å²) in [5.41, 5.74) is -0.474. The van der Waals surface area contributed by atoms with Gasteiger partial charge in [0.2, 0.25) is 5.79 Å². The lowest BCUT2D eigenvalue weighted by Crippen LogP contribution is -2.70. The number of unbranched alkanes of at least 4 members (excludes halogenated alkanes) is 1. The molecule has 8 atom stereocenters. The highest BCUT2D eigenvalue weighted by molar-refractivity contribution is 5.09. The fraction of sp³-hybridized carbons (Fsp3) is 1.00. The van der Waals surface area contributed by atoms with Gasteiger partial charge in [0.05, 0.1) is 0 Å². The van der Waals surface area contributed by atoms with Crippen molar-refractivity contribution < 1.29 is 24.0 Å². The third-order valence-electron chi connectivity index (χ3n) is 6.88. The molecule has 1 spiro atoms. The van der Waals surface area contributed by atoms with Crippen LogP contribution < -0.4 is 0 Å². The summed E-state index contributed by atoms with van der Waals surface area (Å²) < 4.78 is 18.7. The van der Waals surface area contributed by atoms with E-state index < -0.39 is 11.4 Å². The van der Waals surface area contributed by atoms with E-state index in [-0.39, 0.29) is 18.5 Å². The second-order valence-corrected chi connectivity index (χ2v) is 8.50. The van der Waals surface area contributed by atoms with Crippen molar-refractivity contribution in [3.05, 3.63) is 0 Å². The Morgan fingerprint density at radius 2 is 1.92 bits per heavy atom. The summed E-state index contributed by atoms with van der Waals surface area (Å²) in [6.45, 7) is 9.46. The highest BCUT2D eigenvalue weighted by atomic mass is 17.3. The normalized spacial score (nSPS) is 53.5. The lowest BCUT2D eigenvalue weighted by atomic mass is 9.58. The molecule has 4 saturated heterocycles. The summed E-state index contributed by atoms with van der Waals surface area (Å²) in [6.07, 6.45) is 5.87. The monoisotopic (exact) mass is 340 g/mol. The largest absolute Gasteiger partial charge is 0.352 e. The molecule has 138 valence electrons. The zero-order valence-corrected chi connectivity index (χ0v) is 15.5. The van der Waals surface area contributed by atoms with Crippen molar-refractivity contribution in [3.63, 3.8) is 0 Å². The molecule has 5 aliphatic rings. The molecule has 3 unspecified atom stereocenters. The van der Waals surface area contributed by atoms with Crippen molar-refractivity contribution >= 4 is 0 Å². The number of ether oxygens (including phenoxy) is 3. The van der Waals surface area contributed by atoms with Gasteiger partial charge >= 0.3 is 0 Å². The molecule has 5 fully saturated rings. The van der Waals surface area contributed by atoms with Gasteiger partial charge in [0.1, 0.15) is 0 Å². The minimum absolute atomic E-state index is 0.210. The van der Waals surface area contributed by atoms with Gasteiger partial charge in [0.15, 0.2) is 18.2 Å². The molecule has 1 aliphatic carbocycles. The van der Waals surface area contributed by atoms with Crippen LogP contribution in [0.2, 0.25) is 0 Å². The first-order valence-corrected chi connectivity index (χ1v) is 9.82. The average molecular weight is 340 g/mol. The van der Waals surface area contributed by atoms with Crippen molar-refractivity contribution in [1.82, 2.24) is 0 Å². The Hall–Kier alpha value is -0.200. The van der Waals surface area contributed by atoms with Crippen LogP contribution in [0.15, 0.2) is 0 Å². The second kappa shape index (κ2) is 6.20. The molecule has 4 aliphatic heterocycles. The van der Waals surface area contributed by atoms with Crippen molar-refractivity contribution in [3.8, 4) is 0 Å². The average Bonchev–Trinajstić information content (AvgIpc) is 2.78. The van der Waals surface area contributed by atoms with Gasteiger partial charge in [-0.25, -0.2) is 9.78 Å². The van der Waals surface area contributed by atoms with E-state index in [9.17, 15) is 0 Å². The molecule has 0 radical (unpaired) electrons. The predicted octanol–water partition coefficient (Wildman–Crippen LogP) is 4.01. The third kappa shape index (κ3) is 2.47. The number of rotatable bonds is 4. The maximum atomic E-state index is 6.35. The molecule has 0 aromatic rings. The molecule has 1 saturated carbocycles. The first-order valence-electron chi connectivity index (χ1n) is 9.82. The fourth-order valence-electron chi connectivity index (χ4n) is 5.41. The van der Waals surface area contributed by atoms with E-state index in [1.54, 1.807) is 0 Å². The van der Waals surface area contributed by atoms with Crippen molar-refractivity contribution in [1.29, 1.82) is 0 Å². The summed E-state index contributed by atoms with van der Waals surface area (Å²) in [5, 5.41) is 0. The van der Waals surface area contributed by atoms with Crippen LogP contribution in [0.5, 0.6) is 0 Å². The van der Waals surface area contributed by atoms with Gasteiger partial charge in [0, 0.05) is 24.9 Å². The Balaban J connectivity index is 1.64. The summed E-state index contributed by atoms with van der Waals surface area (Å²) in [4.78, 5) is 11.9. The number of hydrogen-bond donors (Lipinski definition) is 0. The van der Waals surface area contributed by atoms with E-state index in [0.29, 0.717) is 17.8 Å². The maximum absolute atomic E-state index is 6.35. The first-order chi connectivity index (χ1) is 11.5. The lowest BCUT2D eigenvalue weighted by Gasteiger charge is -2.60. The molecule has 4 heterocycles. The molecule has 5 nitrogen and oxygen atoms in total. The SMILES string of the molecule is CCCCOC1O[C@@H]2O[C@]3(C)CCC4[C@H](C)CCC([C@H]1C)[C@]42OO3. The molecule has 5 rings (SSSR count). The standard InChI is InChI=1S/C19H32O5/c1-5-6-11-20-16-13(3)15-8-7-12(2)14-9-10-18(4)22-17(21-16)19(14,15)24-23-18/h12-17H,5-11H2,1-4H3/t12-,13-,14?,15?,16?,17-,18+,19-/m1/s1. The molecular formula is C19H32O5. The predicted molar refractivity (Wildman–Crippen MR) is 87.7 cm³/mol. The van der Waals surface area contributed by atoms with E-state index in [2.05, 4.69) is 20.8 Å². The van der Waals surface area contributed by atoms with Gasteiger partial charge in [-0.15, -0.1) is 0 Å². The highest BCUT2D eigenvalue weighted by Gasteiger charge is 2.69. The Morgan fingerprint density at radius 3 is 2.71 bits per heavy atom. The van der Waals surface area contributed by atoms with E-state index in [1.165, 1.54) is 6.42 Å². The molecule has 0 amide bonds. The van der Waals surface area contributed by atoms with Crippen LogP contribution in [0, 0.1) is 23.7 Å². The minimum atomic E-state index is -0.702. The Labute approximate surface area is 145 Å². The van der Waals surface area contributed by atoms with Gasteiger partial charge < -0.3 is 14.2 Å². The third-order valence-corrected chi connectivity index (χ3v) is 6.88. The number of fused-ring (bicyclic) bond motifs is 2. The smallest absolute Gasteiger partial charge is 0.201 e. The van der Waals surface area contributed by atoms with Crippen LogP contribution in [0.1, 0.15) is 66.2 Å². The molecule has 0 N–H and O–H groups in total. The zero-order valence-electron chi connectivity index (χ0n) is 15.5. The fourth-order valence-corrected chi connectivity index (χ4v) is 5.41. The molecular weight excluding hydrogens is 308 g/mol. The summed E-state index contributed by atoms with van der Waals surface area (Å²) >= 11 is 0. The van der Waals surface area contributed by atoms with E-state index in [4.69, 9.17) is 24.0 Å². The van der Waals surface area contributed by atoms with Crippen molar-refractivity contribution in [2.24, 2.45) is 23.7 Å². The van der Waals surface area contributed by atoms with Gasteiger partial charge in [0.25, 0.3) is 0 Å². The van der Waals surface area contributed by atoms with Crippen LogP contribution in [0.3, 0.4) is 0 Å². The first kappa shape index (κ1) is 17.2. The maximum Gasteiger partial charge on any atom is 0.201 e. The second-order valence-electron chi connectivity index (χ2n) is 8.50. The summed E-state index contributed by atoms with van der Waals surface area (Å²) in [6, 6.07) is 0. The van der Waals surface area contributed by atoms with Crippen LogP contribution in [0.4, 0.5) is 0 Å². The Morgan fingerprint density at radius 1 is 1.08 bits per heavy atom. The Kier molecular flexibility index (Phi) is 4.45. The van der Waals surface area contributed by atoms with Gasteiger partial charge in [-0.2, -0.15) is 0 Å². The van der Waals surface area contributed by atoms with Crippen molar-refractivity contribution in [2.45, 2.75) is 90.2 Å². The van der Waals surface area contributed by atoms with Gasteiger partial charge in [-0.3, -0.25) is 0 Å². The minimum Gasteiger partial charge on any atom is -0.352 e. The molecule has 0 aromatic heterocycles. The number of hydrogen-bond acceptors (Lipinski definition) is 5. The van der Waals surface area contributed by atoms with Crippen molar-refractivity contribution in [2.75, 3.05) is 6.61 Å². The van der Waals surface area contributed by atoms with Gasteiger partial charge in [-0.1, -0.05) is 27.2 Å². The molecule has 5 heteroatoms. The molecule has 0 aromatic carbocycles. The van der Waals surface area contributed by atoms with Crippen LogP contribution in [0.25, 0.3) is 0 Å². The molecule has 2 bridgehead atoms. The van der Waals surface area contributed by atoms with Gasteiger partial charge in [-0.05, 0) is 44.4 Å². The van der Waals surface area contributed by atoms with Crippen LogP contribution in [-0.2, 0) is 24.0 Å². The Bertz CT molecular complexity index is 471. The summed E-state index contributed by atoms with van der Waals surface area (Å²) in [5.74, 6) is 0.954. The highest BCUT2D eigenvalue weighted by Crippen LogP contribution is 2.60. The van der Waals surface area contributed by atoms with Crippen LogP contribution in [-0.4, -0.2) is 30.6 Å². The van der Waals surface area contributed by atoms with E-state index in [0.717, 1.165) is 38.7 Å². The van der Waals surface area contributed by atoms with E-state index >= 15 is 0 Å².